The first-order valence-corrected chi connectivity index (χ1v) is 3.59. The Balaban J connectivity index is 2.41. The fourth-order valence-electron chi connectivity index (χ4n) is 1.05. The Morgan fingerprint density at radius 1 is 1.80 bits per heavy atom. The van der Waals surface area contributed by atoms with Crippen LogP contribution in [0.25, 0.3) is 0 Å². The molecule has 1 aliphatic rings. The molecular formula is C9H13N. The molecule has 1 aliphatic heterocycles. The molecule has 0 aromatic carbocycles. The molecule has 0 radical (unpaired) electrons. The minimum atomic E-state index is 0.864. The third kappa shape index (κ3) is 2.18. The minimum absolute atomic E-state index is 0.864. The van der Waals surface area contributed by atoms with Gasteiger partial charge in [0.25, 0.3) is 0 Å². The summed E-state index contributed by atoms with van der Waals surface area (Å²) in [7, 11) is 0. The third-order valence-corrected chi connectivity index (χ3v) is 1.50. The van der Waals surface area contributed by atoms with Crippen LogP contribution in [0.4, 0.5) is 0 Å². The van der Waals surface area contributed by atoms with Crippen LogP contribution in [0.1, 0.15) is 19.8 Å². The number of aliphatic imine (C=N–C) groups is 1. The van der Waals surface area contributed by atoms with E-state index in [0.717, 1.165) is 19.4 Å². The molecule has 1 heteroatoms. The highest BCUT2D eigenvalue weighted by Crippen LogP contribution is 2.13. The molecule has 0 unspecified atom stereocenters. The summed E-state index contributed by atoms with van der Waals surface area (Å²) in [4.78, 5) is 4.10. The van der Waals surface area contributed by atoms with Crippen LogP contribution in [-0.4, -0.2) is 12.8 Å². The van der Waals surface area contributed by atoms with Gasteiger partial charge in [-0.3, -0.25) is 4.99 Å². The first-order chi connectivity index (χ1) is 4.79. The monoisotopic (exact) mass is 135 g/mol. The summed E-state index contributed by atoms with van der Waals surface area (Å²) in [6, 6.07) is 0. The standard InChI is InChI=1S/C9H13N/c1-8(2)7-9-3-5-10-6-4-9/h3,6H,1,4-5,7H2,2H3. The van der Waals surface area contributed by atoms with Gasteiger partial charge in [-0.2, -0.15) is 0 Å². The zero-order chi connectivity index (χ0) is 7.40. The van der Waals surface area contributed by atoms with Gasteiger partial charge < -0.3 is 0 Å². The highest BCUT2D eigenvalue weighted by atomic mass is 14.7. The van der Waals surface area contributed by atoms with Crippen molar-refractivity contribution in [2.75, 3.05) is 6.54 Å². The molecule has 1 heterocycles. The normalized spacial score (nSPS) is 16.7. The van der Waals surface area contributed by atoms with Gasteiger partial charge >= 0.3 is 0 Å². The lowest BCUT2D eigenvalue weighted by atomic mass is 10.0. The minimum Gasteiger partial charge on any atom is -0.293 e. The molecule has 10 heavy (non-hydrogen) atoms. The van der Waals surface area contributed by atoms with Gasteiger partial charge in [-0.15, -0.1) is 0 Å². The number of rotatable bonds is 2. The molecule has 0 saturated heterocycles. The molecule has 54 valence electrons. The van der Waals surface area contributed by atoms with Gasteiger partial charge in [0.2, 0.25) is 0 Å². The van der Waals surface area contributed by atoms with Gasteiger partial charge in [0.15, 0.2) is 0 Å². The van der Waals surface area contributed by atoms with Gasteiger partial charge in [0, 0.05) is 12.6 Å². The summed E-state index contributed by atoms with van der Waals surface area (Å²) in [6.07, 6.45) is 6.24. The summed E-state index contributed by atoms with van der Waals surface area (Å²) in [6.45, 7) is 6.79. The van der Waals surface area contributed by atoms with Crippen molar-refractivity contribution in [1.29, 1.82) is 0 Å². The second-order valence-corrected chi connectivity index (χ2v) is 2.75. The zero-order valence-electron chi connectivity index (χ0n) is 6.43. The van der Waals surface area contributed by atoms with Crippen LogP contribution in [0.15, 0.2) is 28.8 Å². The molecule has 0 bridgehead atoms. The van der Waals surface area contributed by atoms with E-state index in [1.807, 2.05) is 6.21 Å². The molecule has 0 fully saturated rings. The van der Waals surface area contributed by atoms with Crippen LogP contribution in [-0.2, 0) is 0 Å². The van der Waals surface area contributed by atoms with E-state index in [4.69, 9.17) is 0 Å². The summed E-state index contributed by atoms with van der Waals surface area (Å²) >= 11 is 0. The lowest BCUT2D eigenvalue weighted by molar-refractivity contribution is 1.02. The SMILES string of the molecule is C=C(C)CC1=CCN=CC1. The molecule has 0 aromatic heterocycles. The quantitative estimate of drug-likeness (QED) is 0.515. The van der Waals surface area contributed by atoms with E-state index in [0.29, 0.717) is 0 Å². The number of nitrogens with zero attached hydrogens (tertiary/aromatic N) is 1. The number of hydrogen-bond acceptors (Lipinski definition) is 1. The molecule has 1 nitrogen and oxygen atoms in total. The predicted molar refractivity (Wildman–Crippen MR) is 45.5 cm³/mol. The van der Waals surface area contributed by atoms with E-state index < -0.39 is 0 Å². The first kappa shape index (κ1) is 7.26. The molecule has 0 saturated carbocycles. The van der Waals surface area contributed by atoms with Crippen LogP contribution in [0.3, 0.4) is 0 Å². The average molecular weight is 135 g/mol. The first-order valence-electron chi connectivity index (χ1n) is 3.59. The Morgan fingerprint density at radius 2 is 2.60 bits per heavy atom. The number of hydrogen-bond donors (Lipinski definition) is 0. The summed E-state index contributed by atoms with van der Waals surface area (Å²) in [5, 5.41) is 0. The third-order valence-electron chi connectivity index (χ3n) is 1.50. The van der Waals surface area contributed by atoms with Gasteiger partial charge in [0.05, 0.1) is 6.54 Å². The maximum atomic E-state index is 4.10. The van der Waals surface area contributed by atoms with Crippen molar-refractivity contribution in [2.24, 2.45) is 4.99 Å². The van der Waals surface area contributed by atoms with Crippen LogP contribution >= 0.6 is 0 Å². The van der Waals surface area contributed by atoms with Crippen LogP contribution in [0, 0.1) is 0 Å². The summed E-state index contributed by atoms with van der Waals surface area (Å²) in [5.74, 6) is 0. The van der Waals surface area contributed by atoms with E-state index in [1.54, 1.807) is 0 Å². The Bertz CT molecular complexity index is 187. The van der Waals surface area contributed by atoms with Crippen molar-refractivity contribution in [3.63, 3.8) is 0 Å². The molecule has 0 atom stereocenters. The Labute approximate surface area is 62.2 Å². The number of dihydropyridines is 1. The van der Waals surface area contributed by atoms with Crippen LogP contribution in [0.2, 0.25) is 0 Å². The Morgan fingerprint density at radius 3 is 3.10 bits per heavy atom. The van der Waals surface area contributed by atoms with Crippen molar-refractivity contribution in [2.45, 2.75) is 19.8 Å². The Kier molecular flexibility index (Phi) is 2.43. The van der Waals surface area contributed by atoms with E-state index in [-0.39, 0.29) is 0 Å². The molecule has 0 aliphatic carbocycles. The molecule has 0 amide bonds. The summed E-state index contributed by atoms with van der Waals surface area (Å²) in [5.41, 5.74) is 2.70. The van der Waals surface area contributed by atoms with Crippen LogP contribution < -0.4 is 0 Å². The smallest absolute Gasteiger partial charge is 0.0569 e. The maximum absolute atomic E-state index is 4.10. The highest BCUT2D eigenvalue weighted by Gasteiger charge is 1.98. The van der Waals surface area contributed by atoms with Crippen molar-refractivity contribution in [1.82, 2.24) is 0 Å². The van der Waals surface area contributed by atoms with Crippen LogP contribution in [0.5, 0.6) is 0 Å². The second-order valence-electron chi connectivity index (χ2n) is 2.75. The average Bonchev–Trinajstić information content (AvgIpc) is 1.88. The van der Waals surface area contributed by atoms with Crippen molar-refractivity contribution < 1.29 is 0 Å². The van der Waals surface area contributed by atoms with Crippen molar-refractivity contribution >= 4 is 6.21 Å². The molecule has 0 aromatic rings. The topological polar surface area (TPSA) is 12.4 Å². The zero-order valence-corrected chi connectivity index (χ0v) is 6.43. The summed E-state index contributed by atoms with van der Waals surface area (Å²) < 4.78 is 0. The van der Waals surface area contributed by atoms with Gasteiger partial charge in [0.1, 0.15) is 0 Å². The fourth-order valence-corrected chi connectivity index (χ4v) is 1.05. The van der Waals surface area contributed by atoms with Gasteiger partial charge in [-0.25, -0.2) is 0 Å². The largest absolute Gasteiger partial charge is 0.293 e. The lowest BCUT2D eigenvalue weighted by Crippen LogP contribution is -1.94. The number of allylic oxidation sites excluding steroid dienone is 2. The molecule has 1 rings (SSSR count). The Hall–Kier alpha value is -0.850. The molecular weight excluding hydrogens is 122 g/mol. The maximum Gasteiger partial charge on any atom is 0.0569 e. The second kappa shape index (κ2) is 3.35. The predicted octanol–water partition coefficient (Wildman–Crippen LogP) is 2.35. The van der Waals surface area contributed by atoms with E-state index in [2.05, 4.69) is 24.6 Å². The fraction of sp³-hybridized carbons (Fsp3) is 0.444. The van der Waals surface area contributed by atoms with Crippen molar-refractivity contribution in [3.05, 3.63) is 23.8 Å². The van der Waals surface area contributed by atoms with Gasteiger partial charge in [-0.1, -0.05) is 23.8 Å². The highest BCUT2D eigenvalue weighted by molar-refractivity contribution is 5.63. The van der Waals surface area contributed by atoms with Crippen molar-refractivity contribution in [3.8, 4) is 0 Å². The lowest BCUT2D eigenvalue weighted by Gasteiger charge is -2.06. The van der Waals surface area contributed by atoms with E-state index in [1.165, 1.54) is 11.1 Å². The molecule has 0 N–H and O–H groups in total. The van der Waals surface area contributed by atoms with E-state index >= 15 is 0 Å². The molecule has 0 spiro atoms. The van der Waals surface area contributed by atoms with E-state index in [9.17, 15) is 0 Å². The van der Waals surface area contributed by atoms with Gasteiger partial charge in [-0.05, 0) is 13.3 Å².